The fourth-order valence-electron chi connectivity index (χ4n) is 3.79. The molecule has 0 heterocycles. The molecular formula is C24H48O2. The van der Waals surface area contributed by atoms with E-state index in [1.54, 1.807) is 0 Å². The van der Waals surface area contributed by atoms with Crippen LogP contribution in [0.3, 0.4) is 0 Å². The van der Waals surface area contributed by atoms with Crippen molar-refractivity contribution in [2.24, 2.45) is 5.41 Å². The summed E-state index contributed by atoms with van der Waals surface area (Å²) in [5.74, 6) is 0.0906. The lowest BCUT2D eigenvalue weighted by Gasteiger charge is -2.30. The smallest absolute Gasteiger partial charge is 0.312 e. The number of hydrogen-bond donors (Lipinski definition) is 0. The van der Waals surface area contributed by atoms with E-state index in [-0.39, 0.29) is 11.4 Å². The first-order chi connectivity index (χ1) is 12.7. The van der Waals surface area contributed by atoms with Gasteiger partial charge in [-0.05, 0) is 25.7 Å². The number of esters is 1. The van der Waals surface area contributed by atoms with E-state index in [2.05, 4.69) is 27.7 Å². The third-order valence-electron chi connectivity index (χ3n) is 5.86. The van der Waals surface area contributed by atoms with Crippen molar-refractivity contribution < 1.29 is 9.53 Å². The van der Waals surface area contributed by atoms with E-state index < -0.39 is 0 Å². The van der Waals surface area contributed by atoms with E-state index in [9.17, 15) is 4.79 Å². The van der Waals surface area contributed by atoms with E-state index >= 15 is 0 Å². The number of rotatable bonds is 19. The Balaban J connectivity index is 4.15. The second kappa shape index (κ2) is 17.9. The SMILES string of the molecule is CCCCCCCCCCOC(=O)C(CC)(CCCC)CCCCCC. The Morgan fingerprint density at radius 2 is 1.08 bits per heavy atom. The molecule has 2 nitrogen and oxygen atoms in total. The van der Waals surface area contributed by atoms with Crippen LogP contribution in [0.15, 0.2) is 0 Å². The minimum Gasteiger partial charge on any atom is -0.465 e. The van der Waals surface area contributed by atoms with Gasteiger partial charge in [0, 0.05) is 0 Å². The van der Waals surface area contributed by atoms with Crippen LogP contribution in [0.25, 0.3) is 0 Å². The van der Waals surface area contributed by atoms with Crippen LogP contribution in [0.4, 0.5) is 0 Å². The fraction of sp³-hybridized carbons (Fsp3) is 0.958. The molecule has 2 heteroatoms. The quantitative estimate of drug-likeness (QED) is 0.169. The van der Waals surface area contributed by atoms with E-state index in [0.717, 1.165) is 44.9 Å². The highest BCUT2D eigenvalue weighted by molar-refractivity contribution is 5.76. The van der Waals surface area contributed by atoms with Crippen molar-refractivity contribution in [1.29, 1.82) is 0 Å². The zero-order chi connectivity index (χ0) is 19.5. The van der Waals surface area contributed by atoms with Crippen LogP contribution in [0.1, 0.15) is 137 Å². The minimum atomic E-state index is -0.218. The van der Waals surface area contributed by atoms with Gasteiger partial charge in [0.1, 0.15) is 0 Å². The van der Waals surface area contributed by atoms with E-state index in [1.807, 2.05) is 0 Å². The Kier molecular flexibility index (Phi) is 17.5. The number of ether oxygens (including phenoxy) is 1. The Labute approximate surface area is 164 Å². The van der Waals surface area contributed by atoms with Crippen molar-refractivity contribution in [3.8, 4) is 0 Å². The van der Waals surface area contributed by atoms with Gasteiger partial charge in [-0.25, -0.2) is 0 Å². The van der Waals surface area contributed by atoms with Crippen molar-refractivity contribution in [3.05, 3.63) is 0 Å². The zero-order valence-electron chi connectivity index (χ0n) is 18.5. The maximum atomic E-state index is 12.9. The lowest BCUT2D eigenvalue weighted by atomic mass is 9.76. The van der Waals surface area contributed by atoms with E-state index in [1.165, 1.54) is 64.2 Å². The third-order valence-corrected chi connectivity index (χ3v) is 5.86. The standard InChI is InChI=1S/C24H48O2/c1-5-9-12-14-15-16-17-19-22-26-23(25)24(8-4,20-11-7-3)21-18-13-10-6-2/h5-22H2,1-4H3. The van der Waals surface area contributed by atoms with Gasteiger partial charge in [-0.15, -0.1) is 0 Å². The number of carbonyl (C=O) groups excluding carboxylic acids is 1. The predicted molar refractivity (Wildman–Crippen MR) is 115 cm³/mol. The molecule has 0 bridgehead atoms. The predicted octanol–water partition coefficient (Wildman–Crippen LogP) is 8.23. The molecule has 0 saturated carbocycles. The van der Waals surface area contributed by atoms with Crippen LogP contribution >= 0.6 is 0 Å². The molecule has 0 aromatic rings. The maximum Gasteiger partial charge on any atom is 0.312 e. The second-order valence-electron chi connectivity index (χ2n) is 8.16. The summed E-state index contributed by atoms with van der Waals surface area (Å²) in [6, 6.07) is 0. The summed E-state index contributed by atoms with van der Waals surface area (Å²) < 4.78 is 5.76. The third kappa shape index (κ3) is 12.0. The first-order valence-electron chi connectivity index (χ1n) is 11.8. The molecule has 0 aromatic carbocycles. The molecule has 0 spiro atoms. The van der Waals surface area contributed by atoms with Crippen LogP contribution < -0.4 is 0 Å². The van der Waals surface area contributed by atoms with Crippen LogP contribution in [0.2, 0.25) is 0 Å². The lowest BCUT2D eigenvalue weighted by Crippen LogP contribution is -2.33. The van der Waals surface area contributed by atoms with Crippen LogP contribution in [-0.2, 0) is 9.53 Å². The number of unbranched alkanes of at least 4 members (excludes halogenated alkanes) is 11. The van der Waals surface area contributed by atoms with Gasteiger partial charge in [0.25, 0.3) is 0 Å². The molecule has 0 fully saturated rings. The van der Waals surface area contributed by atoms with Crippen molar-refractivity contribution in [1.82, 2.24) is 0 Å². The van der Waals surface area contributed by atoms with Gasteiger partial charge in [0.05, 0.1) is 12.0 Å². The molecule has 156 valence electrons. The largest absolute Gasteiger partial charge is 0.465 e. The molecule has 0 N–H and O–H groups in total. The van der Waals surface area contributed by atoms with Crippen molar-refractivity contribution >= 4 is 5.97 Å². The van der Waals surface area contributed by atoms with Gasteiger partial charge in [0.2, 0.25) is 0 Å². The molecule has 0 rings (SSSR count). The van der Waals surface area contributed by atoms with Gasteiger partial charge in [-0.2, -0.15) is 0 Å². The molecule has 1 unspecified atom stereocenters. The molecule has 1 atom stereocenters. The molecule has 0 aliphatic rings. The van der Waals surface area contributed by atoms with Gasteiger partial charge in [-0.3, -0.25) is 4.79 Å². The van der Waals surface area contributed by atoms with Gasteiger partial charge >= 0.3 is 5.97 Å². The highest BCUT2D eigenvalue weighted by atomic mass is 16.5. The van der Waals surface area contributed by atoms with Gasteiger partial charge < -0.3 is 4.74 Å². The summed E-state index contributed by atoms with van der Waals surface area (Å²) in [6.45, 7) is 9.50. The van der Waals surface area contributed by atoms with E-state index in [4.69, 9.17) is 4.74 Å². The zero-order valence-corrected chi connectivity index (χ0v) is 18.5. The summed E-state index contributed by atoms with van der Waals surface area (Å²) >= 11 is 0. The topological polar surface area (TPSA) is 26.3 Å². The van der Waals surface area contributed by atoms with Crippen molar-refractivity contribution in [3.63, 3.8) is 0 Å². The monoisotopic (exact) mass is 368 g/mol. The van der Waals surface area contributed by atoms with Gasteiger partial charge in [0.15, 0.2) is 0 Å². The maximum absolute atomic E-state index is 12.9. The summed E-state index contributed by atoms with van der Waals surface area (Å²) in [5.41, 5.74) is -0.218. The summed E-state index contributed by atoms with van der Waals surface area (Å²) in [7, 11) is 0. The molecule has 0 radical (unpaired) electrons. The average Bonchev–Trinajstić information content (AvgIpc) is 2.66. The Bertz CT molecular complexity index is 313. The molecule has 0 aromatic heterocycles. The first-order valence-corrected chi connectivity index (χ1v) is 11.8. The summed E-state index contributed by atoms with van der Waals surface area (Å²) in [4.78, 5) is 12.9. The van der Waals surface area contributed by atoms with Crippen LogP contribution in [-0.4, -0.2) is 12.6 Å². The fourth-order valence-corrected chi connectivity index (χ4v) is 3.79. The molecular weight excluding hydrogens is 320 g/mol. The molecule has 26 heavy (non-hydrogen) atoms. The Morgan fingerprint density at radius 3 is 1.62 bits per heavy atom. The first kappa shape index (κ1) is 25.5. The molecule has 0 amide bonds. The van der Waals surface area contributed by atoms with Crippen molar-refractivity contribution in [2.75, 3.05) is 6.61 Å². The number of hydrogen-bond acceptors (Lipinski definition) is 2. The highest BCUT2D eigenvalue weighted by Gasteiger charge is 2.36. The van der Waals surface area contributed by atoms with E-state index in [0.29, 0.717) is 6.61 Å². The normalized spacial score (nSPS) is 13.5. The van der Waals surface area contributed by atoms with Crippen LogP contribution in [0, 0.1) is 5.41 Å². The van der Waals surface area contributed by atoms with Crippen LogP contribution in [0.5, 0.6) is 0 Å². The molecule has 0 saturated heterocycles. The van der Waals surface area contributed by atoms with Crippen molar-refractivity contribution in [2.45, 2.75) is 137 Å². The molecule has 0 aliphatic carbocycles. The highest BCUT2D eigenvalue weighted by Crippen LogP contribution is 2.36. The summed E-state index contributed by atoms with van der Waals surface area (Å²) in [5, 5.41) is 0. The number of carbonyl (C=O) groups is 1. The lowest BCUT2D eigenvalue weighted by molar-refractivity contribution is -0.157. The Morgan fingerprint density at radius 1 is 0.615 bits per heavy atom. The summed E-state index contributed by atoms with van der Waals surface area (Å²) in [6.07, 6.45) is 20.4. The Hall–Kier alpha value is -0.530. The molecule has 0 aliphatic heterocycles. The average molecular weight is 369 g/mol. The minimum absolute atomic E-state index is 0.0906. The second-order valence-corrected chi connectivity index (χ2v) is 8.16. The van der Waals surface area contributed by atoms with Gasteiger partial charge in [-0.1, -0.05) is 111 Å².